The van der Waals surface area contributed by atoms with Gasteiger partial charge < -0.3 is 9.84 Å². The van der Waals surface area contributed by atoms with Crippen LogP contribution < -0.4 is 4.74 Å². The molecule has 1 unspecified atom stereocenters. The first-order valence-electron chi connectivity index (χ1n) is 5.84. The van der Waals surface area contributed by atoms with E-state index in [0.29, 0.717) is 11.3 Å². The highest BCUT2D eigenvalue weighted by atomic mass is 32.2. The lowest BCUT2D eigenvalue weighted by Crippen LogP contribution is -2.32. The molecule has 0 aromatic heterocycles. The summed E-state index contributed by atoms with van der Waals surface area (Å²) in [4.78, 5) is 11.6. The standard InChI is InChI=1S/C13H16O5S/c1-13(2,12(14)15)10-7-19(16,17)11-5-4-8(18-3)6-9(10)11/h4-6,10H,7H2,1-3H3,(H,14,15). The lowest BCUT2D eigenvalue weighted by Gasteiger charge is -2.26. The van der Waals surface area contributed by atoms with Crippen molar-refractivity contribution >= 4 is 15.8 Å². The van der Waals surface area contributed by atoms with Crippen LogP contribution in [-0.2, 0) is 14.6 Å². The molecule has 0 aliphatic carbocycles. The molecule has 1 aromatic rings. The molecule has 1 N–H and O–H groups in total. The van der Waals surface area contributed by atoms with Crippen LogP contribution in [0.25, 0.3) is 0 Å². The molecule has 1 aliphatic heterocycles. The lowest BCUT2D eigenvalue weighted by atomic mass is 9.76. The van der Waals surface area contributed by atoms with Crippen LogP contribution in [0, 0.1) is 5.41 Å². The maximum absolute atomic E-state index is 12.1. The Balaban J connectivity index is 2.63. The van der Waals surface area contributed by atoms with E-state index in [0.717, 1.165) is 0 Å². The first kappa shape index (κ1) is 13.9. The van der Waals surface area contributed by atoms with Crippen molar-refractivity contribution in [1.29, 1.82) is 0 Å². The van der Waals surface area contributed by atoms with Crippen LogP contribution in [-0.4, -0.2) is 32.4 Å². The zero-order valence-electron chi connectivity index (χ0n) is 11.0. The molecule has 5 nitrogen and oxygen atoms in total. The molecule has 0 saturated carbocycles. The quantitative estimate of drug-likeness (QED) is 0.913. The van der Waals surface area contributed by atoms with Crippen LogP contribution >= 0.6 is 0 Å². The number of sulfone groups is 1. The van der Waals surface area contributed by atoms with Crippen LogP contribution in [0.1, 0.15) is 25.3 Å². The fourth-order valence-electron chi connectivity index (χ4n) is 2.35. The Hall–Kier alpha value is -1.56. The molecule has 0 saturated heterocycles. The van der Waals surface area contributed by atoms with E-state index in [1.54, 1.807) is 26.0 Å². The monoisotopic (exact) mass is 284 g/mol. The highest BCUT2D eigenvalue weighted by Crippen LogP contribution is 2.46. The summed E-state index contributed by atoms with van der Waals surface area (Å²) in [6, 6.07) is 4.68. The minimum Gasteiger partial charge on any atom is -0.497 e. The summed E-state index contributed by atoms with van der Waals surface area (Å²) in [6.45, 7) is 3.09. The Bertz CT molecular complexity index is 630. The topological polar surface area (TPSA) is 80.7 Å². The Morgan fingerprint density at radius 1 is 1.42 bits per heavy atom. The van der Waals surface area contributed by atoms with Gasteiger partial charge in [-0.2, -0.15) is 0 Å². The predicted octanol–water partition coefficient (Wildman–Crippen LogP) is 1.68. The van der Waals surface area contributed by atoms with E-state index in [2.05, 4.69) is 0 Å². The summed E-state index contributed by atoms with van der Waals surface area (Å²) in [5, 5.41) is 9.30. The molecule has 2 rings (SSSR count). The minimum absolute atomic E-state index is 0.172. The van der Waals surface area contributed by atoms with E-state index in [4.69, 9.17) is 4.74 Å². The number of ether oxygens (including phenoxy) is 1. The average Bonchev–Trinajstić information content (AvgIpc) is 2.61. The molecule has 0 amide bonds. The van der Waals surface area contributed by atoms with Gasteiger partial charge in [0.15, 0.2) is 9.84 Å². The van der Waals surface area contributed by atoms with Gasteiger partial charge in [-0.1, -0.05) is 0 Å². The van der Waals surface area contributed by atoms with Gasteiger partial charge >= 0.3 is 5.97 Å². The molecule has 1 atom stereocenters. The van der Waals surface area contributed by atoms with Gasteiger partial charge in [0.25, 0.3) is 0 Å². The Morgan fingerprint density at radius 3 is 2.58 bits per heavy atom. The van der Waals surface area contributed by atoms with E-state index in [-0.39, 0.29) is 10.6 Å². The van der Waals surface area contributed by atoms with Crippen molar-refractivity contribution < 1.29 is 23.1 Å². The molecular weight excluding hydrogens is 268 g/mol. The summed E-state index contributed by atoms with van der Waals surface area (Å²) in [6.07, 6.45) is 0. The van der Waals surface area contributed by atoms with Crippen molar-refractivity contribution in [1.82, 2.24) is 0 Å². The Morgan fingerprint density at radius 2 is 2.05 bits per heavy atom. The summed E-state index contributed by atoms with van der Waals surface area (Å²) in [5.74, 6) is -1.22. The van der Waals surface area contributed by atoms with Crippen LogP contribution in [0.3, 0.4) is 0 Å². The predicted molar refractivity (Wildman–Crippen MR) is 69.2 cm³/mol. The molecule has 0 spiro atoms. The van der Waals surface area contributed by atoms with Gasteiger partial charge in [-0.3, -0.25) is 4.79 Å². The van der Waals surface area contributed by atoms with Crippen molar-refractivity contribution in [2.45, 2.75) is 24.7 Å². The molecule has 0 fully saturated rings. The SMILES string of the molecule is COc1ccc2c(c1)C(C(C)(C)C(=O)O)CS2(=O)=O. The van der Waals surface area contributed by atoms with Gasteiger partial charge in [-0.15, -0.1) is 0 Å². The zero-order valence-corrected chi connectivity index (χ0v) is 11.8. The van der Waals surface area contributed by atoms with Crippen molar-refractivity contribution in [3.05, 3.63) is 23.8 Å². The number of rotatable bonds is 3. The summed E-state index contributed by atoms with van der Waals surface area (Å²) in [7, 11) is -1.93. The van der Waals surface area contributed by atoms with E-state index in [1.807, 2.05) is 0 Å². The summed E-state index contributed by atoms with van der Waals surface area (Å²) in [5.41, 5.74) is -0.614. The van der Waals surface area contributed by atoms with E-state index >= 15 is 0 Å². The highest BCUT2D eigenvalue weighted by molar-refractivity contribution is 7.91. The van der Waals surface area contributed by atoms with Crippen LogP contribution in [0.15, 0.2) is 23.1 Å². The molecule has 1 heterocycles. The highest BCUT2D eigenvalue weighted by Gasteiger charge is 2.47. The fourth-order valence-corrected chi connectivity index (χ4v) is 4.40. The first-order valence-corrected chi connectivity index (χ1v) is 7.49. The van der Waals surface area contributed by atoms with Crippen molar-refractivity contribution in [2.24, 2.45) is 5.41 Å². The van der Waals surface area contributed by atoms with E-state index < -0.39 is 27.1 Å². The lowest BCUT2D eigenvalue weighted by molar-refractivity contribution is -0.147. The molecule has 6 heteroatoms. The molecule has 19 heavy (non-hydrogen) atoms. The third-order valence-electron chi connectivity index (χ3n) is 3.74. The first-order chi connectivity index (χ1) is 8.70. The maximum Gasteiger partial charge on any atom is 0.309 e. The third-order valence-corrected chi connectivity index (χ3v) is 5.55. The number of hydrogen-bond donors (Lipinski definition) is 1. The molecule has 1 aliphatic rings. The van der Waals surface area contributed by atoms with Crippen molar-refractivity contribution in [3.63, 3.8) is 0 Å². The fraction of sp³-hybridized carbons (Fsp3) is 0.462. The van der Waals surface area contributed by atoms with Gasteiger partial charge in [0.05, 0.1) is 23.2 Å². The van der Waals surface area contributed by atoms with Gasteiger partial charge in [-0.25, -0.2) is 8.42 Å². The number of hydrogen-bond acceptors (Lipinski definition) is 4. The second-order valence-electron chi connectivity index (χ2n) is 5.26. The van der Waals surface area contributed by atoms with Crippen LogP contribution in [0.5, 0.6) is 5.75 Å². The smallest absolute Gasteiger partial charge is 0.309 e. The van der Waals surface area contributed by atoms with Crippen LogP contribution in [0.4, 0.5) is 0 Å². The second-order valence-corrected chi connectivity index (χ2v) is 7.27. The van der Waals surface area contributed by atoms with Crippen molar-refractivity contribution in [3.8, 4) is 5.75 Å². The Labute approximate surface area is 112 Å². The minimum atomic E-state index is -3.42. The molecule has 0 radical (unpaired) electrons. The van der Waals surface area contributed by atoms with Gasteiger partial charge in [0.1, 0.15) is 5.75 Å². The van der Waals surface area contributed by atoms with Gasteiger partial charge in [0.2, 0.25) is 0 Å². The maximum atomic E-state index is 12.1. The Kier molecular flexibility index (Phi) is 3.09. The largest absolute Gasteiger partial charge is 0.497 e. The van der Waals surface area contributed by atoms with E-state index in [9.17, 15) is 18.3 Å². The number of carboxylic acid groups (broad SMARTS) is 1. The normalized spacial score (nSPS) is 20.9. The molecule has 0 bridgehead atoms. The zero-order chi connectivity index (χ0) is 14.4. The number of methoxy groups -OCH3 is 1. The van der Waals surface area contributed by atoms with Crippen LogP contribution in [0.2, 0.25) is 0 Å². The molecular formula is C13H16O5S. The van der Waals surface area contributed by atoms with Crippen molar-refractivity contribution in [2.75, 3.05) is 12.9 Å². The second kappa shape index (κ2) is 4.23. The molecule has 104 valence electrons. The number of fused-ring (bicyclic) bond motifs is 1. The number of carbonyl (C=O) groups is 1. The summed E-state index contributed by atoms with van der Waals surface area (Å²) >= 11 is 0. The average molecular weight is 284 g/mol. The van der Waals surface area contributed by atoms with Gasteiger partial charge in [0, 0.05) is 5.92 Å². The third kappa shape index (κ3) is 2.10. The number of aliphatic carboxylic acids is 1. The van der Waals surface area contributed by atoms with Gasteiger partial charge in [-0.05, 0) is 37.6 Å². The number of carboxylic acids is 1. The number of benzene rings is 1. The van der Waals surface area contributed by atoms with E-state index in [1.165, 1.54) is 13.2 Å². The molecule has 1 aromatic carbocycles. The summed E-state index contributed by atoms with van der Waals surface area (Å²) < 4.78 is 29.3.